The van der Waals surface area contributed by atoms with Crippen LogP contribution in [0.3, 0.4) is 0 Å². The number of alkyl carbamates (subject to hydrolysis) is 1. The Morgan fingerprint density at radius 1 is 0.882 bits per heavy atom. The van der Waals surface area contributed by atoms with Crippen LogP contribution in [0.5, 0.6) is 0 Å². The minimum atomic E-state index is -2.48. The highest BCUT2D eigenvalue weighted by Gasteiger charge is 2.53. The summed E-state index contributed by atoms with van der Waals surface area (Å²) in [6.45, 7) is 12.6. The number of nitrogens with two attached hydrogens (primary N) is 1. The van der Waals surface area contributed by atoms with Gasteiger partial charge in [0, 0.05) is 89.0 Å². The van der Waals surface area contributed by atoms with Gasteiger partial charge in [-0.2, -0.15) is 0 Å². The van der Waals surface area contributed by atoms with E-state index in [1.165, 1.54) is 14.2 Å². The second-order valence-electron chi connectivity index (χ2n) is 21.6. The molecular weight excluding hydrogens is 979 g/mol. The number of ether oxygens (including phenoxy) is 6. The molecule has 76 heavy (non-hydrogen) atoms. The molecule has 1 unspecified atom stereocenters. The van der Waals surface area contributed by atoms with E-state index in [9.17, 15) is 39.0 Å². The van der Waals surface area contributed by atoms with Crippen LogP contribution in [0.1, 0.15) is 130 Å². The molecule has 2 amide bonds. The van der Waals surface area contributed by atoms with E-state index in [0.29, 0.717) is 68.3 Å². The number of aliphatic hydroxyl groups excluding tert-OH is 1. The van der Waals surface area contributed by atoms with Gasteiger partial charge in [0.2, 0.25) is 5.79 Å². The fraction of sp³-hybridized carbons (Fsp3) is 0.684. The van der Waals surface area contributed by atoms with E-state index in [4.69, 9.17) is 34.2 Å². The number of methoxy groups -OCH3 is 3. The number of Topliss-reactive ketones (excluding diaryl/α,β-unsaturated/α-hetero) is 3. The first-order valence-corrected chi connectivity index (χ1v) is 27.1. The van der Waals surface area contributed by atoms with Crippen LogP contribution in [0.15, 0.2) is 60.0 Å². The first-order chi connectivity index (χ1) is 36.1. The molecule has 5 N–H and O–H groups in total. The Morgan fingerprint density at radius 2 is 1.61 bits per heavy atom. The average molecular weight is 1060 g/mol. The lowest BCUT2D eigenvalue weighted by Crippen LogP contribution is -2.61. The molecule has 5 rings (SSSR count). The molecule has 4 aliphatic rings. The number of amides is 2. The Labute approximate surface area is 448 Å². The maximum Gasteiger partial charge on any atom is 0.407 e. The fourth-order valence-corrected chi connectivity index (χ4v) is 10.9. The summed E-state index contributed by atoms with van der Waals surface area (Å²) >= 11 is 0. The molecule has 0 spiro atoms. The monoisotopic (exact) mass is 1060 g/mol. The number of hydrogen-bond acceptors (Lipinski definition) is 17. The van der Waals surface area contributed by atoms with E-state index in [2.05, 4.69) is 15.3 Å². The summed E-state index contributed by atoms with van der Waals surface area (Å²) < 4.78 is 35.4. The number of aromatic nitrogens is 2. The number of carbonyl (C=O) groups excluding carboxylic acids is 6. The zero-order chi connectivity index (χ0) is 55.9. The Hall–Kier alpha value is -5.02. The number of ketones is 3. The summed E-state index contributed by atoms with van der Waals surface area (Å²) in [5.74, 6) is -7.85. The Morgan fingerprint density at radius 3 is 2.29 bits per heavy atom. The number of esters is 1. The third-order valence-corrected chi connectivity index (χ3v) is 15.7. The Balaban J connectivity index is 1.41. The number of aryl methyl sites for hydroxylation is 1. The molecule has 422 valence electrons. The molecule has 0 radical (unpaired) electrons. The van der Waals surface area contributed by atoms with Gasteiger partial charge in [0.25, 0.3) is 11.7 Å². The highest BCUT2D eigenvalue weighted by Crippen LogP contribution is 2.37. The predicted octanol–water partition coefficient (Wildman–Crippen LogP) is 5.90. The second-order valence-corrected chi connectivity index (χ2v) is 21.6. The first-order valence-electron chi connectivity index (χ1n) is 27.1. The van der Waals surface area contributed by atoms with Crippen LogP contribution in [0.25, 0.3) is 0 Å². The lowest BCUT2D eigenvalue weighted by Gasteiger charge is -2.42. The van der Waals surface area contributed by atoms with E-state index in [-0.39, 0.29) is 62.2 Å². The number of piperidine rings is 1. The molecule has 19 heteroatoms. The maximum absolute atomic E-state index is 14.5. The van der Waals surface area contributed by atoms with Gasteiger partial charge in [-0.25, -0.2) is 19.6 Å². The Bertz CT molecular complexity index is 2270. The number of aliphatic hydroxyl groups is 2. The van der Waals surface area contributed by atoms with E-state index in [1.807, 2.05) is 44.2 Å². The summed E-state index contributed by atoms with van der Waals surface area (Å²) in [6.07, 6.45) is 11.9. The molecule has 2 bridgehead atoms. The lowest BCUT2D eigenvalue weighted by molar-refractivity contribution is -0.265. The van der Waals surface area contributed by atoms with Crippen molar-refractivity contribution in [3.8, 4) is 0 Å². The largest absolute Gasteiger partial charge is 0.459 e. The molecule has 2 saturated heterocycles. The van der Waals surface area contributed by atoms with Gasteiger partial charge >= 0.3 is 12.1 Å². The zero-order valence-corrected chi connectivity index (χ0v) is 46.3. The Kier molecular flexibility index (Phi) is 23.7. The molecule has 1 aromatic rings. The van der Waals surface area contributed by atoms with Crippen LogP contribution < -0.4 is 11.1 Å². The highest BCUT2D eigenvalue weighted by molar-refractivity contribution is 6.39. The third kappa shape index (κ3) is 16.7. The summed E-state index contributed by atoms with van der Waals surface area (Å²) in [5.41, 5.74) is 8.87. The van der Waals surface area contributed by atoms with Crippen LogP contribution >= 0.6 is 0 Å². The lowest BCUT2D eigenvalue weighted by atomic mass is 9.80. The minimum absolute atomic E-state index is 0.0103. The van der Waals surface area contributed by atoms with Crippen molar-refractivity contribution in [1.82, 2.24) is 20.2 Å². The van der Waals surface area contributed by atoms with Crippen molar-refractivity contribution in [3.05, 3.63) is 71.4 Å². The van der Waals surface area contributed by atoms with Crippen molar-refractivity contribution < 1.29 is 67.4 Å². The van der Waals surface area contributed by atoms with Crippen molar-refractivity contribution >= 4 is 35.3 Å². The molecule has 19 nitrogen and oxygen atoms in total. The van der Waals surface area contributed by atoms with Crippen molar-refractivity contribution in [3.63, 3.8) is 0 Å². The molecule has 1 aromatic heterocycles. The van der Waals surface area contributed by atoms with Crippen LogP contribution in [0.4, 0.5) is 4.79 Å². The summed E-state index contributed by atoms with van der Waals surface area (Å²) in [4.78, 5) is 93.6. The van der Waals surface area contributed by atoms with Crippen LogP contribution in [0.2, 0.25) is 0 Å². The third-order valence-electron chi connectivity index (χ3n) is 15.7. The maximum atomic E-state index is 14.5. The van der Waals surface area contributed by atoms with Gasteiger partial charge in [-0.3, -0.25) is 19.2 Å². The number of rotatable bonds is 9. The van der Waals surface area contributed by atoms with Crippen LogP contribution in [0, 0.1) is 36.5 Å². The van der Waals surface area contributed by atoms with Crippen molar-refractivity contribution in [2.75, 3.05) is 27.9 Å². The normalized spacial score (nSPS) is 36.1. The van der Waals surface area contributed by atoms with Crippen molar-refractivity contribution in [2.24, 2.45) is 35.3 Å². The summed E-state index contributed by atoms with van der Waals surface area (Å²) in [6, 6.07) is -2.15. The first kappa shape index (κ1) is 61.8. The molecular formula is C57H85N5O14. The van der Waals surface area contributed by atoms with Crippen LogP contribution in [-0.4, -0.2) is 149 Å². The molecule has 4 heterocycles. The van der Waals surface area contributed by atoms with Crippen molar-refractivity contribution in [1.29, 1.82) is 0 Å². The van der Waals surface area contributed by atoms with Crippen molar-refractivity contribution in [2.45, 2.75) is 193 Å². The standard InChI is InChI=1S/C57H85N5O14/c1-33-16-12-11-13-17-34(2)47(71-8)28-42-21-19-38(6)57(70,76-42)53(66)54(67)62-23-15-14-18-44(62)55(68)74-48(29-45(63)35(3)25-37(5)51(65)52(73-10)50(64)36(4)24-33)43(58)26-40-20-22-46(49(27-40)72-9)75-56(69)61-32-41-30-59-39(7)60-31-41/h11-13,16-17,25,30-31,33,35-36,38,40,42-44,46-49,51-52,65,70H,14-15,18-24,26-29,32,58H2,1-10H3,(H,61,69)/b13-11+,16-12+,34-17+,37-25+/t33-,35-,36?,38-,40+,42+,43-,44+,46-,47+,48+,49-,51-,52+,57-/m1/s1. The quantitative estimate of drug-likeness (QED) is 0.127. The topological polar surface area (TPSA) is 265 Å². The summed E-state index contributed by atoms with van der Waals surface area (Å²) in [7, 11) is 4.45. The second kappa shape index (κ2) is 29.1. The van der Waals surface area contributed by atoms with Gasteiger partial charge in [0.15, 0.2) is 5.78 Å². The highest BCUT2D eigenvalue weighted by atomic mass is 16.6. The minimum Gasteiger partial charge on any atom is -0.459 e. The molecule has 15 atom stereocenters. The number of fused-ring (bicyclic) bond motifs is 3. The van der Waals surface area contributed by atoms with E-state index in [0.717, 1.165) is 10.5 Å². The molecule has 1 aliphatic carbocycles. The number of allylic oxidation sites excluding steroid dienone is 6. The predicted molar refractivity (Wildman–Crippen MR) is 282 cm³/mol. The number of nitrogens with zero attached hydrogens (tertiary/aromatic N) is 3. The number of carbonyl (C=O) groups is 6. The van der Waals surface area contributed by atoms with E-state index < -0.39 is 102 Å². The van der Waals surface area contributed by atoms with Gasteiger partial charge in [-0.1, -0.05) is 64.2 Å². The molecule has 1 saturated carbocycles. The zero-order valence-electron chi connectivity index (χ0n) is 46.3. The van der Waals surface area contributed by atoms with Gasteiger partial charge in [-0.15, -0.1) is 0 Å². The SMILES string of the molecule is CO[C@H]1C[C@@H]2CC[C@@H](C)[C@@](O)(O2)C(=O)C(=O)N2CCCC[C@H]2C(=O)O[C@H]([C@H](N)C[C@@H]2CC[C@@H](OC(=O)NCc3cnc(C)nc3)[C@H](OC)C2)CC(=O)[C@H](C)/C=C(\C)[C@@H](O)[C@@H](OC)C(=O)C(C)C[C@H](C)/C=C/C=C/C=C/1C. The van der Waals surface area contributed by atoms with Gasteiger partial charge < -0.3 is 54.6 Å². The van der Waals surface area contributed by atoms with Gasteiger partial charge in [-0.05, 0) is 108 Å². The number of hydrogen-bond donors (Lipinski definition) is 4. The van der Waals surface area contributed by atoms with E-state index in [1.54, 1.807) is 60.2 Å². The molecule has 3 fully saturated rings. The van der Waals surface area contributed by atoms with E-state index >= 15 is 0 Å². The number of nitrogens with one attached hydrogen (secondary N) is 1. The average Bonchev–Trinajstić information content (AvgIpc) is 3.40. The smallest absolute Gasteiger partial charge is 0.407 e. The molecule has 3 aliphatic heterocycles. The molecule has 0 aromatic carbocycles. The van der Waals surface area contributed by atoms with Gasteiger partial charge in [0.05, 0.1) is 18.3 Å². The van der Waals surface area contributed by atoms with Crippen LogP contribution in [-0.2, 0) is 58.9 Å². The summed E-state index contributed by atoms with van der Waals surface area (Å²) in [5, 5.41) is 26.3. The number of cyclic esters (lactones) is 1. The van der Waals surface area contributed by atoms with Gasteiger partial charge in [0.1, 0.15) is 42.1 Å². The fourth-order valence-electron chi connectivity index (χ4n) is 10.9.